The highest BCUT2D eigenvalue weighted by Crippen LogP contribution is 2.38. The molecule has 1 unspecified atom stereocenters. The van der Waals surface area contributed by atoms with Crippen molar-refractivity contribution in [3.8, 4) is 11.5 Å². The summed E-state index contributed by atoms with van der Waals surface area (Å²) < 4.78 is 26.8. The van der Waals surface area contributed by atoms with Crippen molar-refractivity contribution in [2.75, 3.05) is 19.6 Å². The van der Waals surface area contributed by atoms with Gasteiger partial charge >= 0.3 is 0 Å². The molecule has 0 saturated carbocycles. The quantitative estimate of drug-likeness (QED) is 0.657. The van der Waals surface area contributed by atoms with Gasteiger partial charge in [0.1, 0.15) is 11.5 Å². The van der Waals surface area contributed by atoms with Crippen LogP contribution in [-0.4, -0.2) is 57.4 Å². The number of phenolic OH excluding ortho intramolecular Hbond substituents is 2. The number of hydrogen-bond acceptors (Lipinski definition) is 4. The molecule has 0 bridgehead atoms. The third-order valence-electron chi connectivity index (χ3n) is 6.47. The van der Waals surface area contributed by atoms with Crippen LogP contribution in [0.4, 0.5) is 8.78 Å². The van der Waals surface area contributed by atoms with Gasteiger partial charge in [-0.25, -0.2) is 8.78 Å². The van der Waals surface area contributed by atoms with E-state index in [2.05, 4.69) is 0 Å². The predicted molar refractivity (Wildman–Crippen MR) is 119 cm³/mol. The Kier molecular flexibility index (Phi) is 6.22. The van der Waals surface area contributed by atoms with E-state index in [-0.39, 0.29) is 60.0 Å². The molecule has 2 amide bonds. The summed E-state index contributed by atoms with van der Waals surface area (Å²) in [7, 11) is 0. The number of carbonyl (C=O) groups is 2. The fourth-order valence-corrected chi connectivity index (χ4v) is 4.78. The first-order valence-electron chi connectivity index (χ1n) is 10.9. The number of aromatic hydroxyl groups is 2. The van der Waals surface area contributed by atoms with Crippen LogP contribution in [0.3, 0.4) is 0 Å². The van der Waals surface area contributed by atoms with Gasteiger partial charge in [-0.3, -0.25) is 9.59 Å². The van der Waals surface area contributed by atoms with Crippen molar-refractivity contribution in [1.29, 1.82) is 0 Å². The summed E-state index contributed by atoms with van der Waals surface area (Å²) in [6.45, 7) is 2.39. The molecule has 4 rings (SSSR count). The van der Waals surface area contributed by atoms with E-state index in [0.29, 0.717) is 18.5 Å². The van der Waals surface area contributed by atoms with Crippen molar-refractivity contribution in [2.24, 2.45) is 0 Å². The highest BCUT2D eigenvalue weighted by Gasteiger charge is 2.36. The minimum Gasteiger partial charge on any atom is -0.507 e. The molecular formula is C24H25ClF2N2O4. The highest BCUT2D eigenvalue weighted by atomic mass is 35.5. The number of rotatable bonds is 3. The van der Waals surface area contributed by atoms with Crippen LogP contribution in [-0.2, 0) is 0 Å². The minimum absolute atomic E-state index is 0.0102. The van der Waals surface area contributed by atoms with Gasteiger partial charge in [-0.05, 0) is 49.1 Å². The number of aryl methyl sites for hydroxylation is 1. The molecular weight excluding hydrogens is 454 g/mol. The molecule has 2 aromatic carbocycles. The van der Waals surface area contributed by atoms with Crippen molar-refractivity contribution >= 4 is 23.4 Å². The largest absolute Gasteiger partial charge is 0.507 e. The van der Waals surface area contributed by atoms with Crippen LogP contribution >= 0.6 is 11.6 Å². The van der Waals surface area contributed by atoms with Crippen LogP contribution < -0.4 is 0 Å². The van der Waals surface area contributed by atoms with Gasteiger partial charge in [-0.2, -0.15) is 0 Å². The number of phenols is 2. The van der Waals surface area contributed by atoms with Crippen molar-refractivity contribution in [3.05, 3.63) is 57.6 Å². The number of halogens is 3. The van der Waals surface area contributed by atoms with Crippen molar-refractivity contribution in [1.82, 2.24) is 9.80 Å². The molecule has 0 spiro atoms. The first-order chi connectivity index (χ1) is 15.6. The van der Waals surface area contributed by atoms with Gasteiger partial charge in [-0.15, -0.1) is 0 Å². The average Bonchev–Trinajstić information content (AvgIpc) is 3.25. The Labute approximate surface area is 195 Å². The third-order valence-corrected chi connectivity index (χ3v) is 6.77. The highest BCUT2D eigenvalue weighted by molar-refractivity contribution is 6.32. The molecule has 2 N–H and O–H groups in total. The van der Waals surface area contributed by atoms with Crippen LogP contribution in [0.2, 0.25) is 5.02 Å². The van der Waals surface area contributed by atoms with E-state index >= 15 is 0 Å². The van der Waals surface area contributed by atoms with Crippen molar-refractivity contribution < 1.29 is 28.6 Å². The standard InChI is InChI=1S/C24H25ClF2N2O4/c1-14-11-15(22(32)28-9-6-24(26,27)7-10-28)4-5-16(14)19-3-2-8-29(19)23(33)17-12-18(25)21(31)13-20(17)30/h4-5,11-13,19,30-31H,2-3,6-10H2,1H3. The monoisotopic (exact) mass is 478 g/mol. The van der Waals surface area contributed by atoms with Gasteiger partial charge in [-0.1, -0.05) is 17.7 Å². The number of alkyl halides is 2. The number of benzene rings is 2. The summed E-state index contributed by atoms with van der Waals surface area (Å²) in [5.74, 6) is -4.05. The summed E-state index contributed by atoms with van der Waals surface area (Å²) in [4.78, 5) is 29.1. The third kappa shape index (κ3) is 4.62. The molecule has 6 nitrogen and oxygen atoms in total. The molecule has 2 aliphatic heterocycles. The normalized spacial score (nSPS) is 20.2. The zero-order valence-electron chi connectivity index (χ0n) is 18.2. The van der Waals surface area contributed by atoms with Crippen LogP contribution in [0.25, 0.3) is 0 Å². The van der Waals surface area contributed by atoms with Gasteiger partial charge < -0.3 is 20.0 Å². The first-order valence-corrected chi connectivity index (χ1v) is 11.3. The van der Waals surface area contributed by atoms with Crippen LogP contribution in [0, 0.1) is 6.92 Å². The zero-order valence-corrected chi connectivity index (χ0v) is 18.9. The molecule has 1 atom stereocenters. The number of nitrogens with zero attached hydrogens (tertiary/aromatic N) is 2. The fraction of sp³-hybridized carbons (Fsp3) is 0.417. The lowest BCUT2D eigenvalue weighted by Gasteiger charge is -2.32. The van der Waals surface area contributed by atoms with E-state index in [0.717, 1.165) is 23.6 Å². The van der Waals surface area contributed by atoms with E-state index in [1.165, 1.54) is 11.0 Å². The van der Waals surface area contributed by atoms with Gasteiger partial charge in [0.25, 0.3) is 17.7 Å². The lowest BCUT2D eigenvalue weighted by Crippen LogP contribution is -2.42. The average molecular weight is 479 g/mol. The van der Waals surface area contributed by atoms with E-state index in [1.807, 2.05) is 6.92 Å². The number of amides is 2. The van der Waals surface area contributed by atoms with E-state index < -0.39 is 11.8 Å². The maximum Gasteiger partial charge on any atom is 0.258 e. The SMILES string of the molecule is Cc1cc(C(=O)N2CCC(F)(F)CC2)ccc1C1CCCN1C(=O)c1cc(Cl)c(O)cc1O. The first kappa shape index (κ1) is 23.3. The molecule has 2 saturated heterocycles. The van der Waals surface area contributed by atoms with E-state index in [1.54, 1.807) is 23.1 Å². The van der Waals surface area contributed by atoms with Gasteiger partial charge in [0.15, 0.2) is 0 Å². The van der Waals surface area contributed by atoms with Gasteiger partial charge in [0.2, 0.25) is 0 Å². The molecule has 9 heteroatoms. The Morgan fingerprint density at radius 1 is 1.03 bits per heavy atom. The second kappa shape index (κ2) is 8.82. The number of piperidine rings is 1. The summed E-state index contributed by atoms with van der Waals surface area (Å²) in [6.07, 6.45) is 0.824. The van der Waals surface area contributed by atoms with Crippen molar-refractivity contribution in [2.45, 2.75) is 44.6 Å². The van der Waals surface area contributed by atoms with E-state index in [4.69, 9.17) is 11.6 Å². The minimum atomic E-state index is -2.72. The number of likely N-dealkylation sites (tertiary alicyclic amines) is 2. The number of hydrogen-bond donors (Lipinski definition) is 2. The maximum absolute atomic E-state index is 13.4. The van der Waals surface area contributed by atoms with Gasteiger partial charge in [0, 0.05) is 44.1 Å². The molecule has 0 aliphatic carbocycles. The van der Waals surface area contributed by atoms with Gasteiger partial charge in [0.05, 0.1) is 16.6 Å². The molecule has 0 aromatic heterocycles. The smallest absolute Gasteiger partial charge is 0.258 e. The topological polar surface area (TPSA) is 81.1 Å². The molecule has 2 aromatic rings. The number of carbonyl (C=O) groups excluding carboxylic acids is 2. The summed E-state index contributed by atoms with van der Waals surface area (Å²) in [5, 5.41) is 19.8. The molecule has 33 heavy (non-hydrogen) atoms. The molecule has 2 aliphatic rings. The fourth-order valence-electron chi connectivity index (χ4n) is 4.61. The molecule has 2 fully saturated rings. The Balaban J connectivity index is 1.54. The maximum atomic E-state index is 13.4. The molecule has 176 valence electrons. The summed E-state index contributed by atoms with van der Waals surface area (Å²) in [5.41, 5.74) is 2.14. The lowest BCUT2D eigenvalue weighted by molar-refractivity contribution is -0.0494. The van der Waals surface area contributed by atoms with Crippen LogP contribution in [0.5, 0.6) is 11.5 Å². The Hall–Kier alpha value is -2.87. The van der Waals surface area contributed by atoms with Crippen molar-refractivity contribution in [3.63, 3.8) is 0 Å². The second-order valence-electron chi connectivity index (χ2n) is 8.70. The Morgan fingerprint density at radius 2 is 1.73 bits per heavy atom. The second-order valence-corrected chi connectivity index (χ2v) is 9.10. The Bertz CT molecular complexity index is 1100. The zero-order chi connectivity index (χ0) is 23.9. The molecule has 2 heterocycles. The van der Waals surface area contributed by atoms with Crippen LogP contribution in [0.1, 0.15) is 63.6 Å². The lowest BCUT2D eigenvalue weighted by atomic mass is 9.96. The van der Waals surface area contributed by atoms with E-state index in [9.17, 15) is 28.6 Å². The summed E-state index contributed by atoms with van der Waals surface area (Å²) >= 11 is 5.93. The summed E-state index contributed by atoms with van der Waals surface area (Å²) in [6, 6.07) is 7.26. The Morgan fingerprint density at radius 3 is 2.39 bits per heavy atom. The molecule has 0 radical (unpaired) electrons. The van der Waals surface area contributed by atoms with Crippen LogP contribution in [0.15, 0.2) is 30.3 Å². The predicted octanol–water partition coefficient (Wildman–Crippen LogP) is 4.91.